The number of rotatable bonds is 13. The molecule has 0 bridgehead atoms. The summed E-state index contributed by atoms with van der Waals surface area (Å²) in [4.78, 5) is 19.8. The molecule has 6 N–H and O–H groups in total. The maximum atomic E-state index is 9.49. The van der Waals surface area contributed by atoms with Crippen LogP contribution in [0.1, 0.15) is 55.3 Å². The van der Waals surface area contributed by atoms with Gasteiger partial charge in [-0.1, -0.05) is 25.5 Å². The van der Waals surface area contributed by atoms with Crippen LogP contribution < -0.4 is 21.7 Å². The summed E-state index contributed by atoms with van der Waals surface area (Å²) in [5.74, 6) is 1.25. The lowest BCUT2D eigenvalue weighted by Crippen LogP contribution is -2.44. The molecule has 0 aliphatic heterocycles. The quantitative estimate of drug-likeness (QED) is 0.252. The molecule has 1 aliphatic carbocycles. The van der Waals surface area contributed by atoms with Crippen LogP contribution in [0, 0.1) is 6.92 Å². The smallest absolute Gasteiger partial charge is 0.222 e. The highest BCUT2D eigenvalue weighted by Crippen LogP contribution is 2.27. The van der Waals surface area contributed by atoms with E-state index in [1.807, 2.05) is 17.9 Å². The first-order chi connectivity index (χ1) is 17.9. The Balaban J connectivity index is 1.50. The summed E-state index contributed by atoms with van der Waals surface area (Å²) >= 11 is 0. The van der Waals surface area contributed by atoms with Crippen molar-refractivity contribution in [2.24, 2.45) is 4.99 Å². The third-order valence-corrected chi connectivity index (χ3v) is 6.72. The van der Waals surface area contributed by atoms with Gasteiger partial charge in [0.1, 0.15) is 16.9 Å². The Morgan fingerprint density at radius 3 is 2.73 bits per heavy atom. The highest BCUT2D eigenvalue weighted by Gasteiger charge is 2.28. The number of methoxy groups -OCH3 is 1. The topological polar surface area (TPSA) is 161 Å². The Morgan fingerprint density at radius 1 is 1.22 bits per heavy atom. The number of nitrogens with one attached hydrogen (secondary N) is 1. The molecule has 0 radical (unpaired) electrons. The fourth-order valence-electron chi connectivity index (χ4n) is 4.52. The number of unbranched alkanes of at least 4 members (excludes halogenated alkanes) is 1. The average molecular weight is 511 g/mol. The molecule has 0 unspecified atom stereocenters. The van der Waals surface area contributed by atoms with Crippen molar-refractivity contribution in [1.82, 2.24) is 20.3 Å². The van der Waals surface area contributed by atoms with E-state index in [4.69, 9.17) is 20.6 Å². The summed E-state index contributed by atoms with van der Waals surface area (Å²) < 4.78 is 11.3. The minimum atomic E-state index is -0.0105. The Morgan fingerprint density at radius 2 is 2.00 bits per heavy atom. The van der Waals surface area contributed by atoms with Crippen LogP contribution in [0.2, 0.25) is 0 Å². The number of ether oxygens (including phenoxy) is 1. The first kappa shape index (κ1) is 26.8. The number of hydrogen-bond donors (Lipinski definition) is 4. The number of hydrogen-bond acceptors (Lipinski definition) is 11. The maximum absolute atomic E-state index is 9.49. The van der Waals surface area contributed by atoms with Crippen molar-refractivity contribution in [3.63, 3.8) is 0 Å². The summed E-state index contributed by atoms with van der Waals surface area (Å²) in [6.07, 6.45) is 5.98. The van der Waals surface area contributed by atoms with Gasteiger partial charge >= 0.3 is 0 Å². The van der Waals surface area contributed by atoms with Crippen LogP contribution >= 0.6 is 0 Å². The van der Waals surface area contributed by atoms with Crippen LogP contribution in [-0.4, -0.2) is 65.2 Å². The monoisotopic (exact) mass is 510 g/mol. The summed E-state index contributed by atoms with van der Waals surface area (Å²) in [6, 6.07) is 4.56. The number of aryl methyl sites for hydroxylation is 1. The van der Waals surface area contributed by atoms with Crippen LogP contribution in [0.15, 0.2) is 21.5 Å². The maximum Gasteiger partial charge on any atom is 0.222 e. The first-order valence-corrected chi connectivity index (χ1v) is 12.9. The first-order valence-electron chi connectivity index (χ1n) is 12.9. The van der Waals surface area contributed by atoms with Gasteiger partial charge in [0, 0.05) is 57.1 Å². The third-order valence-electron chi connectivity index (χ3n) is 6.72. The van der Waals surface area contributed by atoms with E-state index in [0.717, 1.165) is 47.9 Å². The van der Waals surface area contributed by atoms with Crippen molar-refractivity contribution in [1.29, 1.82) is 0 Å². The van der Waals surface area contributed by atoms with Gasteiger partial charge < -0.3 is 35.9 Å². The fourth-order valence-corrected chi connectivity index (χ4v) is 4.52. The van der Waals surface area contributed by atoms with Gasteiger partial charge in [0.05, 0.1) is 19.3 Å². The number of aromatic nitrogens is 3. The highest BCUT2D eigenvalue weighted by atomic mass is 16.5. The lowest BCUT2D eigenvalue weighted by molar-refractivity contribution is 0.0170. The number of aliphatic hydroxyl groups excluding tert-OH is 1. The normalized spacial score (nSPS) is 17.5. The Bertz CT molecular complexity index is 1220. The molecule has 4 rings (SSSR count). The van der Waals surface area contributed by atoms with Gasteiger partial charge in [-0.3, -0.25) is 4.99 Å². The molecule has 37 heavy (non-hydrogen) atoms. The zero-order chi connectivity index (χ0) is 26.4. The highest BCUT2D eigenvalue weighted by molar-refractivity contribution is 5.89. The van der Waals surface area contributed by atoms with Crippen molar-refractivity contribution in [3.8, 4) is 0 Å². The summed E-state index contributed by atoms with van der Waals surface area (Å²) in [7, 11) is 1.76. The van der Waals surface area contributed by atoms with Gasteiger partial charge in [0.15, 0.2) is 17.3 Å². The summed E-state index contributed by atoms with van der Waals surface area (Å²) in [5, 5.41) is 13.1. The Hall–Kier alpha value is -3.28. The van der Waals surface area contributed by atoms with Gasteiger partial charge in [0.25, 0.3) is 0 Å². The van der Waals surface area contributed by atoms with Gasteiger partial charge in [-0.05, 0) is 19.3 Å². The molecule has 200 valence electrons. The third kappa shape index (κ3) is 6.35. The predicted octanol–water partition coefficient (Wildman–Crippen LogP) is 2.58. The average Bonchev–Trinajstić information content (AvgIpc) is 3.25. The predicted molar refractivity (Wildman–Crippen MR) is 146 cm³/mol. The molecule has 0 atom stereocenters. The second-order valence-electron chi connectivity index (χ2n) is 9.44. The molecule has 2 heterocycles. The van der Waals surface area contributed by atoms with Crippen LogP contribution in [-0.2, 0) is 17.8 Å². The Labute approximate surface area is 217 Å². The number of anilines is 3. The molecule has 0 saturated heterocycles. The van der Waals surface area contributed by atoms with Crippen LogP contribution in [0.4, 0.5) is 17.5 Å². The molecule has 1 aromatic carbocycles. The molecule has 3 aromatic rings. The SMILES string of the molecule is CCCCN(CCO)c1nc(N)nc(C=NCc2ccc(CNC3CC(OC)C3)c3oc(C)nc23)c1N. The molecular formula is C26H38N8O3. The van der Waals surface area contributed by atoms with Gasteiger partial charge in [-0.2, -0.15) is 4.98 Å². The summed E-state index contributed by atoms with van der Waals surface area (Å²) in [6.45, 7) is 6.16. The Kier molecular flexibility index (Phi) is 8.91. The molecule has 1 fully saturated rings. The number of aliphatic imine (C=N–C) groups is 1. The van der Waals surface area contributed by atoms with Gasteiger partial charge in [-0.25, -0.2) is 9.97 Å². The van der Waals surface area contributed by atoms with E-state index in [1.54, 1.807) is 13.3 Å². The zero-order valence-corrected chi connectivity index (χ0v) is 21.9. The van der Waals surface area contributed by atoms with E-state index in [-0.39, 0.29) is 12.6 Å². The largest absolute Gasteiger partial charge is 0.441 e. The van der Waals surface area contributed by atoms with E-state index >= 15 is 0 Å². The van der Waals surface area contributed by atoms with E-state index in [0.29, 0.717) is 61.4 Å². The van der Waals surface area contributed by atoms with Crippen LogP contribution in [0.3, 0.4) is 0 Å². The molecular weight excluding hydrogens is 472 g/mol. The van der Waals surface area contributed by atoms with Crippen molar-refractivity contribution < 1.29 is 14.3 Å². The minimum Gasteiger partial charge on any atom is -0.441 e. The molecule has 2 aromatic heterocycles. The van der Waals surface area contributed by atoms with E-state index in [2.05, 4.69) is 38.3 Å². The second-order valence-corrected chi connectivity index (χ2v) is 9.44. The molecule has 1 saturated carbocycles. The summed E-state index contributed by atoms with van der Waals surface area (Å²) in [5.41, 5.74) is 16.8. The van der Waals surface area contributed by atoms with Gasteiger partial charge in [-0.15, -0.1) is 0 Å². The number of nitrogens with zero attached hydrogens (tertiary/aromatic N) is 5. The number of oxazole rings is 1. The van der Waals surface area contributed by atoms with Crippen molar-refractivity contribution in [3.05, 3.63) is 34.8 Å². The van der Waals surface area contributed by atoms with Gasteiger partial charge in [0.2, 0.25) is 5.95 Å². The fraction of sp³-hybridized carbons (Fsp3) is 0.538. The molecule has 1 aliphatic rings. The lowest BCUT2D eigenvalue weighted by atomic mass is 9.89. The minimum absolute atomic E-state index is 0.0105. The van der Waals surface area contributed by atoms with E-state index < -0.39 is 0 Å². The second kappa shape index (κ2) is 12.3. The van der Waals surface area contributed by atoms with Crippen LogP contribution in [0.25, 0.3) is 11.1 Å². The van der Waals surface area contributed by atoms with Crippen molar-refractivity contribution >= 4 is 34.8 Å². The number of fused-ring (bicyclic) bond motifs is 1. The molecule has 11 nitrogen and oxygen atoms in total. The molecule has 11 heteroatoms. The number of nitrogen functional groups attached to an aromatic ring is 2. The number of benzene rings is 1. The number of nitrogens with two attached hydrogens (primary N) is 2. The standard InChI is InChI=1S/C26H38N8O3/c1-4-5-8-34(9-10-35)25-22(27)21(32-26(28)33-25)15-29-13-17-6-7-18(24-23(17)31-16(2)37-24)14-30-19-11-20(12-19)36-3/h6-7,15,19-20,30,35H,4-5,8-14,27H2,1-3H3,(H2,28,32,33). The van der Waals surface area contributed by atoms with Crippen LogP contribution in [0.5, 0.6) is 0 Å². The zero-order valence-electron chi connectivity index (χ0n) is 21.9. The molecule has 0 spiro atoms. The van der Waals surface area contributed by atoms with Crippen molar-refractivity contribution in [2.45, 2.75) is 64.8 Å². The van der Waals surface area contributed by atoms with E-state index in [9.17, 15) is 5.11 Å². The van der Waals surface area contributed by atoms with Crippen molar-refractivity contribution in [2.75, 3.05) is 43.2 Å². The van der Waals surface area contributed by atoms with E-state index in [1.165, 1.54) is 0 Å². The molecule has 0 amide bonds. The lowest BCUT2D eigenvalue weighted by Gasteiger charge is -2.34. The number of aliphatic hydroxyl groups is 1.